The fourth-order valence-corrected chi connectivity index (χ4v) is 10.2. The molecule has 2 aromatic rings. The maximum Gasteiger partial charge on any atom is 0.261 e. The fourth-order valence-electron chi connectivity index (χ4n) is 5.57. The number of ether oxygens (including phenoxy) is 2. The lowest BCUT2D eigenvalue weighted by Gasteiger charge is -2.49. The average Bonchev–Trinajstić information content (AvgIpc) is 2.80. The molecule has 2 aromatic carbocycles. The Kier molecular flexibility index (Phi) is 8.47. The molecule has 1 saturated heterocycles. The van der Waals surface area contributed by atoms with Crippen molar-refractivity contribution in [2.75, 3.05) is 13.2 Å². The SMILES string of the molecule is C[C@@H]1[C@H]([C@@H](C)CO)OC(C)(C)O[C@H]1[C@@H](C)CO[Si](c1ccccc1)(c1ccccc1)C(C)(C)C. The molecule has 34 heavy (non-hydrogen) atoms. The van der Waals surface area contributed by atoms with Crippen molar-refractivity contribution in [2.45, 2.75) is 78.4 Å². The van der Waals surface area contributed by atoms with Crippen LogP contribution < -0.4 is 10.4 Å². The zero-order valence-electron chi connectivity index (χ0n) is 22.2. The molecule has 188 valence electrons. The third kappa shape index (κ3) is 5.49. The third-order valence-electron chi connectivity index (χ3n) is 7.27. The van der Waals surface area contributed by atoms with Gasteiger partial charge in [0.15, 0.2) is 5.79 Å². The Bertz CT molecular complexity index is 854. The van der Waals surface area contributed by atoms with Crippen molar-refractivity contribution in [1.82, 2.24) is 0 Å². The molecule has 1 aliphatic heterocycles. The van der Waals surface area contributed by atoms with Gasteiger partial charge < -0.3 is 19.0 Å². The molecule has 0 saturated carbocycles. The van der Waals surface area contributed by atoms with E-state index in [1.165, 1.54) is 10.4 Å². The smallest absolute Gasteiger partial charge is 0.261 e. The first-order valence-electron chi connectivity index (χ1n) is 12.6. The summed E-state index contributed by atoms with van der Waals surface area (Å²) in [5.74, 6) is -0.344. The molecule has 1 heterocycles. The van der Waals surface area contributed by atoms with Crippen LogP contribution in [0, 0.1) is 17.8 Å². The summed E-state index contributed by atoms with van der Waals surface area (Å²) in [6, 6.07) is 21.5. The summed E-state index contributed by atoms with van der Waals surface area (Å²) in [4.78, 5) is 0. The van der Waals surface area contributed by atoms with E-state index < -0.39 is 14.1 Å². The van der Waals surface area contributed by atoms with E-state index in [2.05, 4.69) is 95.3 Å². The first-order chi connectivity index (χ1) is 15.9. The molecular weight excluding hydrogens is 440 g/mol. The topological polar surface area (TPSA) is 47.9 Å². The van der Waals surface area contributed by atoms with Crippen LogP contribution >= 0.6 is 0 Å². The van der Waals surface area contributed by atoms with E-state index in [1.807, 2.05) is 20.8 Å². The lowest BCUT2D eigenvalue weighted by atomic mass is 9.83. The molecule has 0 radical (unpaired) electrons. The molecular formula is C29H44O4Si. The van der Waals surface area contributed by atoms with Crippen molar-refractivity contribution in [1.29, 1.82) is 0 Å². The van der Waals surface area contributed by atoms with Crippen molar-refractivity contribution in [2.24, 2.45) is 17.8 Å². The first-order valence-corrected chi connectivity index (χ1v) is 14.6. The van der Waals surface area contributed by atoms with Gasteiger partial charge in [-0.05, 0) is 29.3 Å². The Balaban J connectivity index is 1.95. The van der Waals surface area contributed by atoms with Gasteiger partial charge in [0.2, 0.25) is 0 Å². The van der Waals surface area contributed by atoms with Crippen molar-refractivity contribution in [3.8, 4) is 0 Å². The molecule has 0 aromatic heterocycles. The largest absolute Gasteiger partial charge is 0.407 e. The van der Waals surface area contributed by atoms with E-state index >= 15 is 0 Å². The van der Waals surface area contributed by atoms with Crippen LogP contribution in [-0.2, 0) is 13.9 Å². The summed E-state index contributed by atoms with van der Waals surface area (Å²) in [6.45, 7) is 18.0. The lowest BCUT2D eigenvalue weighted by molar-refractivity contribution is -0.336. The molecule has 0 aliphatic carbocycles. The quantitative estimate of drug-likeness (QED) is 0.537. The minimum absolute atomic E-state index is 0.0269. The van der Waals surface area contributed by atoms with Crippen LogP contribution in [0.3, 0.4) is 0 Å². The lowest BCUT2D eigenvalue weighted by Crippen LogP contribution is -2.67. The second-order valence-corrected chi connectivity index (χ2v) is 15.8. The van der Waals surface area contributed by atoms with Gasteiger partial charge in [-0.25, -0.2) is 0 Å². The predicted octanol–water partition coefficient (Wildman–Crippen LogP) is 4.98. The van der Waals surface area contributed by atoms with Gasteiger partial charge in [0, 0.05) is 31.0 Å². The summed E-state index contributed by atoms with van der Waals surface area (Å²) in [5.41, 5.74) is 0. The highest BCUT2D eigenvalue weighted by Gasteiger charge is 2.51. The number of aliphatic hydroxyl groups is 1. The summed E-state index contributed by atoms with van der Waals surface area (Å²) < 4.78 is 19.9. The highest BCUT2D eigenvalue weighted by atomic mass is 28.4. The van der Waals surface area contributed by atoms with E-state index in [-0.39, 0.29) is 41.6 Å². The van der Waals surface area contributed by atoms with Gasteiger partial charge in [0.25, 0.3) is 8.32 Å². The summed E-state index contributed by atoms with van der Waals surface area (Å²) in [7, 11) is -2.61. The van der Waals surface area contributed by atoms with Gasteiger partial charge in [0.1, 0.15) is 0 Å². The van der Waals surface area contributed by atoms with Crippen molar-refractivity contribution in [3.05, 3.63) is 60.7 Å². The minimum atomic E-state index is -2.61. The zero-order valence-corrected chi connectivity index (χ0v) is 23.2. The van der Waals surface area contributed by atoms with E-state index in [9.17, 15) is 5.11 Å². The number of rotatable bonds is 8. The Hall–Kier alpha value is -1.50. The molecule has 3 rings (SSSR count). The highest BCUT2D eigenvalue weighted by Crippen LogP contribution is 2.40. The van der Waals surface area contributed by atoms with Gasteiger partial charge in [-0.1, -0.05) is 102 Å². The molecule has 0 unspecified atom stereocenters. The van der Waals surface area contributed by atoms with Crippen LogP contribution in [-0.4, -0.2) is 44.6 Å². The van der Waals surface area contributed by atoms with E-state index in [0.717, 1.165) is 0 Å². The van der Waals surface area contributed by atoms with Crippen LogP contribution in [0.25, 0.3) is 0 Å². The summed E-state index contributed by atoms with van der Waals surface area (Å²) in [5, 5.41) is 12.3. The van der Waals surface area contributed by atoms with Gasteiger partial charge in [-0.3, -0.25) is 0 Å². The van der Waals surface area contributed by atoms with Crippen LogP contribution in [0.2, 0.25) is 5.04 Å². The van der Waals surface area contributed by atoms with Gasteiger partial charge in [0.05, 0.1) is 12.2 Å². The van der Waals surface area contributed by atoms with Crippen LogP contribution in [0.1, 0.15) is 55.4 Å². The monoisotopic (exact) mass is 484 g/mol. The number of benzene rings is 2. The van der Waals surface area contributed by atoms with Crippen molar-refractivity contribution >= 4 is 18.7 Å². The van der Waals surface area contributed by atoms with Crippen molar-refractivity contribution in [3.63, 3.8) is 0 Å². The highest BCUT2D eigenvalue weighted by molar-refractivity contribution is 6.99. The molecule has 5 atom stereocenters. The van der Waals surface area contributed by atoms with Gasteiger partial charge in [-0.15, -0.1) is 0 Å². The molecule has 0 spiro atoms. The second kappa shape index (κ2) is 10.6. The molecule has 4 nitrogen and oxygen atoms in total. The normalized spacial score (nSPS) is 25.0. The summed E-state index contributed by atoms with van der Waals surface area (Å²) >= 11 is 0. The Morgan fingerprint density at radius 3 is 1.74 bits per heavy atom. The molecule has 1 fully saturated rings. The maximum atomic E-state index is 9.81. The third-order valence-corrected chi connectivity index (χ3v) is 12.3. The number of hydrogen-bond donors (Lipinski definition) is 1. The Morgan fingerprint density at radius 2 is 1.32 bits per heavy atom. The van der Waals surface area contributed by atoms with E-state index in [4.69, 9.17) is 13.9 Å². The van der Waals surface area contributed by atoms with E-state index in [0.29, 0.717) is 6.61 Å². The molecule has 5 heteroatoms. The Labute approximate surface area is 207 Å². The van der Waals surface area contributed by atoms with Gasteiger partial charge in [-0.2, -0.15) is 0 Å². The van der Waals surface area contributed by atoms with Gasteiger partial charge >= 0.3 is 0 Å². The average molecular weight is 485 g/mol. The first kappa shape index (κ1) is 27.1. The minimum Gasteiger partial charge on any atom is -0.407 e. The fraction of sp³-hybridized carbons (Fsp3) is 0.586. The van der Waals surface area contributed by atoms with E-state index in [1.54, 1.807) is 0 Å². The second-order valence-electron chi connectivity index (χ2n) is 11.5. The Morgan fingerprint density at radius 1 is 0.882 bits per heavy atom. The predicted molar refractivity (Wildman–Crippen MR) is 142 cm³/mol. The number of hydrogen-bond acceptors (Lipinski definition) is 4. The standard InChI is InChI=1S/C29H44O4Si/c1-21(19-30)26-23(3)27(33-29(7,8)32-26)22(2)20-31-34(28(4,5)6,24-15-11-9-12-16-24)25-17-13-10-14-18-25/h9-18,21-23,26-27,30H,19-20H2,1-8H3/t21-,22-,23+,26-,27-/m0/s1. The molecule has 0 bridgehead atoms. The van der Waals surface area contributed by atoms with Crippen molar-refractivity contribution < 1.29 is 19.0 Å². The zero-order chi connectivity index (χ0) is 25.1. The van der Waals surface area contributed by atoms with Crippen LogP contribution in [0.15, 0.2) is 60.7 Å². The number of aliphatic hydroxyl groups excluding tert-OH is 1. The molecule has 1 N–H and O–H groups in total. The molecule has 0 amide bonds. The maximum absolute atomic E-state index is 9.81. The summed E-state index contributed by atoms with van der Waals surface area (Å²) in [6.07, 6.45) is -0.0879. The van der Waals surface area contributed by atoms with Crippen LogP contribution in [0.5, 0.6) is 0 Å². The van der Waals surface area contributed by atoms with Crippen LogP contribution in [0.4, 0.5) is 0 Å². The molecule has 1 aliphatic rings.